The van der Waals surface area contributed by atoms with Crippen LogP contribution in [0.25, 0.3) is 5.69 Å². The van der Waals surface area contributed by atoms with Crippen molar-refractivity contribution in [2.45, 2.75) is 17.6 Å². The highest BCUT2D eigenvalue weighted by Gasteiger charge is 2.25. The molecule has 0 spiro atoms. The molecule has 0 bridgehead atoms. The fourth-order valence-electron chi connectivity index (χ4n) is 4.41. The summed E-state index contributed by atoms with van der Waals surface area (Å²) in [7, 11) is 0. The third-order valence-electron chi connectivity index (χ3n) is 6.57. The van der Waals surface area contributed by atoms with E-state index in [1.807, 2.05) is 73.7 Å². The monoisotopic (exact) mass is 579 g/mol. The average molecular weight is 581 g/mol. The Hall–Kier alpha value is -3.46. The number of carbonyl (C=O) groups excluding carboxylic acids is 1. The highest BCUT2D eigenvalue weighted by atomic mass is 35.5. The molecule has 1 aromatic heterocycles. The zero-order valence-corrected chi connectivity index (χ0v) is 23.6. The van der Waals surface area contributed by atoms with E-state index >= 15 is 0 Å². The number of hydrogen-bond donors (Lipinski definition) is 1. The van der Waals surface area contributed by atoms with Gasteiger partial charge in [-0.1, -0.05) is 65.7 Å². The van der Waals surface area contributed by atoms with Crippen LogP contribution in [0.1, 0.15) is 11.1 Å². The number of piperazine rings is 1. The van der Waals surface area contributed by atoms with Gasteiger partial charge >= 0.3 is 6.03 Å². The summed E-state index contributed by atoms with van der Waals surface area (Å²) in [6.45, 7) is 4.05. The SMILES string of the molecule is Cc1cccc(Cl)c1NC(=O)N1CCN(c2cnn(-c3ccccc3)c(=O)c2SCc2ccc(Cl)cc2)CC1. The first-order chi connectivity index (χ1) is 18.9. The van der Waals surface area contributed by atoms with Gasteiger partial charge in [-0.3, -0.25) is 4.79 Å². The quantitative estimate of drug-likeness (QED) is 0.264. The van der Waals surface area contributed by atoms with E-state index in [4.69, 9.17) is 23.2 Å². The van der Waals surface area contributed by atoms with Crippen molar-refractivity contribution in [3.8, 4) is 5.69 Å². The van der Waals surface area contributed by atoms with Gasteiger partial charge < -0.3 is 15.1 Å². The van der Waals surface area contributed by atoms with Crippen LogP contribution in [0.4, 0.5) is 16.2 Å². The summed E-state index contributed by atoms with van der Waals surface area (Å²) in [5.41, 5.74) is 3.90. The number of anilines is 2. The van der Waals surface area contributed by atoms with E-state index in [0.717, 1.165) is 16.8 Å². The van der Waals surface area contributed by atoms with Crippen LogP contribution in [-0.4, -0.2) is 46.9 Å². The fourth-order valence-corrected chi connectivity index (χ4v) is 5.84. The lowest BCUT2D eigenvalue weighted by molar-refractivity contribution is 0.208. The molecule has 200 valence electrons. The van der Waals surface area contributed by atoms with Crippen molar-refractivity contribution < 1.29 is 4.79 Å². The predicted octanol–water partition coefficient (Wildman–Crippen LogP) is 6.49. The Morgan fingerprint density at radius 2 is 1.67 bits per heavy atom. The van der Waals surface area contributed by atoms with Gasteiger partial charge in [0, 0.05) is 37.0 Å². The molecular formula is C29H27Cl2N5O2S. The number of aryl methyl sites for hydroxylation is 1. The van der Waals surface area contributed by atoms with Crippen molar-refractivity contribution in [2.24, 2.45) is 0 Å². The first kappa shape index (κ1) is 27.1. The highest BCUT2D eigenvalue weighted by Crippen LogP contribution is 2.31. The van der Waals surface area contributed by atoms with Crippen LogP contribution >= 0.6 is 35.0 Å². The number of aromatic nitrogens is 2. The van der Waals surface area contributed by atoms with Gasteiger partial charge in [0.2, 0.25) is 0 Å². The van der Waals surface area contributed by atoms with Crippen LogP contribution in [0.3, 0.4) is 0 Å². The van der Waals surface area contributed by atoms with E-state index in [1.165, 1.54) is 16.4 Å². The smallest absolute Gasteiger partial charge is 0.322 e. The Bertz CT molecular complexity index is 1500. The minimum atomic E-state index is -0.194. The normalized spacial score (nSPS) is 13.4. The van der Waals surface area contributed by atoms with Gasteiger partial charge in [-0.05, 0) is 48.4 Å². The molecule has 4 aromatic rings. The molecule has 0 aliphatic carbocycles. The minimum absolute atomic E-state index is 0.174. The summed E-state index contributed by atoms with van der Waals surface area (Å²) in [6.07, 6.45) is 1.75. The van der Waals surface area contributed by atoms with Gasteiger partial charge in [0.05, 0.1) is 28.3 Å². The molecule has 1 aliphatic heterocycles. The molecule has 1 N–H and O–H groups in total. The Balaban J connectivity index is 1.36. The lowest BCUT2D eigenvalue weighted by atomic mass is 10.2. The van der Waals surface area contributed by atoms with Crippen LogP contribution in [-0.2, 0) is 5.75 Å². The van der Waals surface area contributed by atoms with E-state index < -0.39 is 0 Å². The summed E-state index contributed by atoms with van der Waals surface area (Å²) >= 11 is 13.8. The largest absolute Gasteiger partial charge is 0.366 e. The summed E-state index contributed by atoms with van der Waals surface area (Å²) in [4.78, 5) is 31.2. The summed E-state index contributed by atoms with van der Waals surface area (Å²) < 4.78 is 1.43. The van der Waals surface area contributed by atoms with Crippen LogP contribution in [0.5, 0.6) is 0 Å². The molecule has 1 aliphatic rings. The zero-order chi connectivity index (χ0) is 27.4. The third-order valence-corrected chi connectivity index (χ3v) is 8.29. The fraction of sp³-hybridized carbons (Fsp3) is 0.207. The molecule has 39 heavy (non-hydrogen) atoms. The maximum atomic E-state index is 13.7. The van der Waals surface area contributed by atoms with Gasteiger partial charge in [-0.25, -0.2) is 4.79 Å². The molecule has 0 radical (unpaired) electrons. The van der Waals surface area contributed by atoms with E-state index in [9.17, 15) is 9.59 Å². The average Bonchev–Trinajstić information content (AvgIpc) is 2.95. The second-order valence-corrected chi connectivity index (χ2v) is 11.0. The number of benzene rings is 3. The molecule has 10 heteroatoms. The minimum Gasteiger partial charge on any atom is -0.366 e. The van der Waals surface area contributed by atoms with Crippen molar-refractivity contribution in [1.82, 2.24) is 14.7 Å². The number of amides is 2. The molecule has 0 saturated carbocycles. The number of carbonyl (C=O) groups is 1. The predicted molar refractivity (Wildman–Crippen MR) is 160 cm³/mol. The summed E-state index contributed by atoms with van der Waals surface area (Å²) in [5.74, 6) is 0.609. The molecule has 2 heterocycles. The van der Waals surface area contributed by atoms with Gasteiger partial charge in [0.25, 0.3) is 5.56 Å². The summed E-state index contributed by atoms with van der Waals surface area (Å²) in [6, 6.07) is 22.3. The molecule has 0 unspecified atom stereocenters. The molecule has 0 atom stereocenters. The van der Waals surface area contributed by atoms with Gasteiger partial charge in [0.1, 0.15) is 4.90 Å². The van der Waals surface area contributed by atoms with Crippen molar-refractivity contribution >= 4 is 52.4 Å². The van der Waals surface area contributed by atoms with Crippen LogP contribution in [0.2, 0.25) is 10.0 Å². The van der Waals surface area contributed by atoms with Crippen LogP contribution in [0.15, 0.2) is 88.7 Å². The maximum Gasteiger partial charge on any atom is 0.322 e. The lowest BCUT2D eigenvalue weighted by Gasteiger charge is -2.36. The third kappa shape index (κ3) is 6.24. The number of rotatable bonds is 6. The van der Waals surface area contributed by atoms with Gasteiger partial charge in [-0.15, -0.1) is 11.8 Å². The van der Waals surface area contributed by atoms with Crippen molar-refractivity contribution in [3.05, 3.63) is 111 Å². The van der Waals surface area contributed by atoms with Crippen molar-refractivity contribution in [3.63, 3.8) is 0 Å². The molecule has 3 aromatic carbocycles. The first-order valence-electron chi connectivity index (χ1n) is 12.5. The molecule has 7 nitrogen and oxygen atoms in total. The van der Waals surface area contributed by atoms with E-state index in [1.54, 1.807) is 17.2 Å². The number of nitrogens with one attached hydrogen (secondary N) is 1. The number of para-hydroxylation sites is 2. The van der Waals surface area contributed by atoms with E-state index in [-0.39, 0.29) is 11.6 Å². The second kappa shape index (κ2) is 12.2. The van der Waals surface area contributed by atoms with E-state index in [2.05, 4.69) is 15.3 Å². The lowest BCUT2D eigenvalue weighted by Crippen LogP contribution is -2.50. The Morgan fingerprint density at radius 1 is 0.949 bits per heavy atom. The standard InChI is InChI=1S/C29H27Cl2N5O2S/c1-20-6-5-9-24(31)26(20)33-29(38)35-16-14-34(15-17-35)25-18-32-36(23-7-3-2-4-8-23)28(37)27(25)39-19-21-10-12-22(30)13-11-21/h2-13,18H,14-17,19H2,1H3,(H,33,38). The van der Waals surface area contributed by atoms with Gasteiger partial charge in [-0.2, -0.15) is 9.78 Å². The Labute approximate surface area is 241 Å². The Morgan fingerprint density at radius 3 is 2.36 bits per heavy atom. The van der Waals surface area contributed by atoms with Crippen molar-refractivity contribution in [1.29, 1.82) is 0 Å². The molecular weight excluding hydrogens is 553 g/mol. The number of nitrogens with zero attached hydrogens (tertiary/aromatic N) is 4. The Kier molecular flexibility index (Phi) is 8.45. The molecule has 5 rings (SSSR count). The first-order valence-corrected chi connectivity index (χ1v) is 14.3. The van der Waals surface area contributed by atoms with Crippen molar-refractivity contribution in [2.75, 3.05) is 36.4 Å². The van der Waals surface area contributed by atoms with E-state index in [0.29, 0.717) is 58.2 Å². The number of halogens is 2. The molecule has 1 fully saturated rings. The number of urea groups is 1. The number of thioether (sulfide) groups is 1. The number of hydrogen-bond acceptors (Lipinski definition) is 5. The van der Waals surface area contributed by atoms with Gasteiger partial charge in [0.15, 0.2) is 0 Å². The van der Waals surface area contributed by atoms with Crippen LogP contribution < -0.4 is 15.8 Å². The highest BCUT2D eigenvalue weighted by molar-refractivity contribution is 7.98. The second-order valence-electron chi connectivity index (χ2n) is 9.16. The topological polar surface area (TPSA) is 70.5 Å². The zero-order valence-electron chi connectivity index (χ0n) is 21.3. The molecule has 1 saturated heterocycles. The van der Waals surface area contributed by atoms with Crippen LogP contribution in [0, 0.1) is 6.92 Å². The maximum absolute atomic E-state index is 13.7. The summed E-state index contributed by atoms with van der Waals surface area (Å²) in [5, 5.41) is 8.63. The molecule has 2 amide bonds.